The molecule has 5 rings (SSSR count). The van der Waals surface area contributed by atoms with E-state index >= 15 is 0 Å². The largest absolute Gasteiger partial charge is 0.489 e. The van der Waals surface area contributed by atoms with E-state index in [0.717, 1.165) is 11.1 Å². The van der Waals surface area contributed by atoms with Crippen LogP contribution in [0, 0.1) is 0 Å². The van der Waals surface area contributed by atoms with Crippen molar-refractivity contribution < 1.29 is 27.5 Å². The van der Waals surface area contributed by atoms with E-state index in [0.29, 0.717) is 50.3 Å². The Kier molecular flexibility index (Phi) is 8.03. The van der Waals surface area contributed by atoms with Crippen LogP contribution in [0.25, 0.3) is 0 Å². The van der Waals surface area contributed by atoms with Gasteiger partial charge in [0, 0.05) is 43.7 Å². The summed E-state index contributed by atoms with van der Waals surface area (Å²) in [6, 6.07) is 11.3. The highest BCUT2D eigenvalue weighted by molar-refractivity contribution is 7.89. The third kappa shape index (κ3) is 5.43. The standard InChI is InChI=1S/C26H29N3O6S.ClH/c1-27-11-13-28(14-12-27)36(33,34)20-8-5-18(6-9-20)17-35-25-4-2-3-21-22(25)16-29(26(21)32)23-10-7-19(30)15-24(23)31;/h2-6,8-9,23H,7,10-17H2,1H3;1H. The van der Waals surface area contributed by atoms with Gasteiger partial charge in [0.25, 0.3) is 5.91 Å². The number of nitrogens with zero attached hydrogens (tertiary/aromatic N) is 3. The van der Waals surface area contributed by atoms with E-state index in [4.69, 9.17) is 4.74 Å². The predicted octanol–water partition coefficient (Wildman–Crippen LogP) is 2.27. The van der Waals surface area contributed by atoms with Gasteiger partial charge in [-0.15, -0.1) is 12.4 Å². The Hall–Kier alpha value is -2.79. The summed E-state index contributed by atoms with van der Waals surface area (Å²) in [6.45, 7) is 2.83. The zero-order valence-corrected chi connectivity index (χ0v) is 22.2. The number of Topliss-reactive ketones (excluding diaryl/α,β-unsaturated/α-hetero) is 2. The van der Waals surface area contributed by atoms with E-state index in [2.05, 4.69) is 4.90 Å². The molecule has 0 bridgehead atoms. The third-order valence-electron chi connectivity index (χ3n) is 7.19. The van der Waals surface area contributed by atoms with Crippen molar-refractivity contribution in [3.63, 3.8) is 0 Å². The summed E-state index contributed by atoms with van der Waals surface area (Å²) in [4.78, 5) is 40.9. The second-order valence-corrected chi connectivity index (χ2v) is 11.5. The molecule has 2 aromatic carbocycles. The molecule has 9 nitrogen and oxygen atoms in total. The molecule has 11 heteroatoms. The number of ketones is 2. The molecule has 2 fully saturated rings. The lowest BCUT2D eigenvalue weighted by atomic mass is 9.92. The van der Waals surface area contributed by atoms with Crippen LogP contribution in [0.2, 0.25) is 0 Å². The first kappa shape index (κ1) is 27.3. The van der Waals surface area contributed by atoms with Gasteiger partial charge >= 0.3 is 0 Å². The molecule has 0 N–H and O–H groups in total. The lowest BCUT2D eigenvalue weighted by Gasteiger charge is -2.31. The highest BCUT2D eigenvalue weighted by Gasteiger charge is 2.40. The molecule has 3 aliphatic rings. The van der Waals surface area contributed by atoms with Crippen LogP contribution >= 0.6 is 12.4 Å². The van der Waals surface area contributed by atoms with Crippen LogP contribution in [0.5, 0.6) is 5.75 Å². The van der Waals surface area contributed by atoms with Crippen LogP contribution in [0.15, 0.2) is 47.4 Å². The number of benzene rings is 2. The van der Waals surface area contributed by atoms with Crippen molar-refractivity contribution in [2.24, 2.45) is 0 Å². The van der Waals surface area contributed by atoms with E-state index in [1.807, 2.05) is 7.05 Å². The van der Waals surface area contributed by atoms with Crippen LogP contribution in [0.3, 0.4) is 0 Å². The average molecular weight is 548 g/mol. The number of fused-ring (bicyclic) bond motifs is 1. The van der Waals surface area contributed by atoms with Crippen LogP contribution in [-0.4, -0.2) is 79.3 Å². The lowest BCUT2D eigenvalue weighted by Crippen LogP contribution is -2.46. The number of carbonyl (C=O) groups excluding carboxylic acids is 3. The number of sulfonamides is 1. The fraction of sp³-hybridized carbons (Fsp3) is 0.423. The molecular weight excluding hydrogens is 518 g/mol. The molecule has 1 saturated carbocycles. The van der Waals surface area contributed by atoms with E-state index in [-0.39, 0.29) is 54.3 Å². The first-order valence-electron chi connectivity index (χ1n) is 12.1. The van der Waals surface area contributed by atoms with Gasteiger partial charge in [-0.2, -0.15) is 4.31 Å². The van der Waals surface area contributed by atoms with E-state index < -0.39 is 16.1 Å². The number of hydrogen-bond acceptors (Lipinski definition) is 7. The highest BCUT2D eigenvalue weighted by Crippen LogP contribution is 2.34. The van der Waals surface area contributed by atoms with E-state index in [9.17, 15) is 22.8 Å². The van der Waals surface area contributed by atoms with Gasteiger partial charge in [0.1, 0.15) is 18.1 Å². The number of rotatable bonds is 6. The summed E-state index contributed by atoms with van der Waals surface area (Å²) >= 11 is 0. The summed E-state index contributed by atoms with van der Waals surface area (Å²) in [5.41, 5.74) is 2.03. The molecule has 198 valence electrons. The van der Waals surface area contributed by atoms with Crippen LogP contribution in [0.4, 0.5) is 0 Å². The number of likely N-dealkylation sites (N-methyl/N-ethyl adjacent to an activating group) is 1. The molecule has 1 saturated heterocycles. The number of piperazine rings is 1. The Morgan fingerprint density at radius 2 is 1.68 bits per heavy atom. The van der Waals surface area contributed by atoms with E-state index in [1.54, 1.807) is 47.4 Å². The molecule has 0 spiro atoms. The second kappa shape index (κ2) is 10.9. The number of carbonyl (C=O) groups is 3. The van der Waals surface area contributed by atoms with Crippen molar-refractivity contribution in [3.05, 3.63) is 59.2 Å². The molecular formula is C26H30ClN3O6S. The van der Waals surface area contributed by atoms with Crippen molar-refractivity contribution in [1.82, 2.24) is 14.1 Å². The molecule has 1 aliphatic carbocycles. The molecule has 37 heavy (non-hydrogen) atoms. The van der Waals surface area contributed by atoms with Gasteiger partial charge in [-0.1, -0.05) is 18.2 Å². The predicted molar refractivity (Wildman–Crippen MR) is 138 cm³/mol. The van der Waals surface area contributed by atoms with Gasteiger partial charge in [-0.05, 0) is 43.3 Å². The van der Waals surface area contributed by atoms with Crippen LogP contribution in [-0.2, 0) is 32.8 Å². The maximum atomic E-state index is 13.0. The summed E-state index contributed by atoms with van der Waals surface area (Å²) in [5, 5.41) is 0. The quantitative estimate of drug-likeness (QED) is 0.511. The molecule has 1 atom stereocenters. The van der Waals surface area contributed by atoms with Crippen molar-refractivity contribution in [2.75, 3.05) is 33.2 Å². The Balaban J connectivity index is 0.00000320. The smallest absolute Gasteiger partial charge is 0.255 e. The van der Waals surface area contributed by atoms with Crippen molar-refractivity contribution >= 4 is 39.9 Å². The SMILES string of the molecule is CN1CCN(S(=O)(=O)c2ccc(COc3cccc4c3CN(C3CCC(=O)CC3=O)C4=O)cc2)CC1.Cl. The summed E-state index contributed by atoms with van der Waals surface area (Å²) in [7, 11) is -1.56. The summed E-state index contributed by atoms with van der Waals surface area (Å²) < 4.78 is 33.4. The van der Waals surface area contributed by atoms with Gasteiger partial charge in [0.2, 0.25) is 10.0 Å². The zero-order chi connectivity index (χ0) is 25.4. The third-order valence-corrected chi connectivity index (χ3v) is 9.10. The molecule has 0 aromatic heterocycles. The minimum Gasteiger partial charge on any atom is -0.489 e. The second-order valence-electron chi connectivity index (χ2n) is 9.59. The minimum absolute atomic E-state index is 0. The maximum Gasteiger partial charge on any atom is 0.255 e. The first-order chi connectivity index (χ1) is 17.2. The van der Waals surface area contributed by atoms with Gasteiger partial charge in [0.15, 0.2) is 5.78 Å². The Morgan fingerprint density at radius 3 is 2.35 bits per heavy atom. The Bertz CT molecular complexity index is 1310. The van der Waals surface area contributed by atoms with Crippen molar-refractivity contribution in [1.29, 1.82) is 0 Å². The number of hydrogen-bond donors (Lipinski definition) is 0. The van der Waals surface area contributed by atoms with E-state index in [1.165, 1.54) is 4.31 Å². The number of ether oxygens (including phenoxy) is 1. The van der Waals surface area contributed by atoms with Gasteiger partial charge in [-0.3, -0.25) is 14.4 Å². The van der Waals surface area contributed by atoms with Gasteiger partial charge < -0.3 is 14.5 Å². The van der Waals surface area contributed by atoms with Crippen molar-refractivity contribution in [2.45, 2.75) is 43.4 Å². The molecule has 2 aromatic rings. The fourth-order valence-electron chi connectivity index (χ4n) is 5.00. The fourth-order valence-corrected chi connectivity index (χ4v) is 6.42. The highest BCUT2D eigenvalue weighted by atomic mass is 35.5. The number of amides is 1. The van der Waals surface area contributed by atoms with Crippen molar-refractivity contribution in [3.8, 4) is 5.75 Å². The molecule has 0 radical (unpaired) electrons. The maximum absolute atomic E-state index is 13.0. The number of halogens is 1. The Morgan fingerprint density at radius 1 is 0.973 bits per heavy atom. The summed E-state index contributed by atoms with van der Waals surface area (Å²) in [6.07, 6.45) is 0.548. The summed E-state index contributed by atoms with van der Waals surface area (Å²) in [5.74, 6) is 0.0479. The average Bonchev–Trinajstić information content (AvgIpc) is 3.20. The topological polar surface area (TPSA) is 104 Å². The normalized spacial score (nSPS) is 21.1. The van der Waals surface area contributed by atoms with Crippen LogP contribution in [0.1, 0.15) is 40.7 Å². The Labute approximate surface area is 222 Å². The molecule has 1 amide bonds. The van der Waals surface area contributed by atoms with Gasteiger partial charge in [0.05, 0.1) is 23.9 Å². The first-order valence-corrected chi connectivity index (χ1v) is 13.6. The monoisotopic (exact) mass is 547 g/mol. The molecule has 2 heterocycles. The minimum atomic E-state index is -3.53. The lowest BCUT2D eigenvalue weighted by molar-refractivity contribution is -0.133. The zero-order valence-electron chi connectivity index (χ0n) is 20.6. The molecule has 1 unspecified atom stereocenters. The van der Waals surface area contributed by atoms with Gasteiger partial charge in [-0.25, -0.2) is 8.42 Å². The molecule has 2 aliphatic heterocycles. The van der Waals surface area contributed by atoms with Crippen LogP contribution < -0.4 is 4.74 Å².